The average Bonchev–Trinajstić information content (AvgIpc) is 3.13. The Morgan fingerprint density at radius 1 is 1.09 bits per heavy atom. The van der Waals surface area contributed by atoms with Crippen molar-refractivity contribution >= 4 is 52.0 Å². The van der Waals surface area contributed by atoms with Crippen LogP contribution in [0.4, 0.5) is 10.1 Å². The van der Waals surface area contributed by atoms with Gasteiger partial charge in [-0.15, -0.1) is 0 Å². The molecular weight excluding hydrogens is 538 g/mol. The molecule has 0 bridgehead atoms. The van der Waals surface area contributed by atoms with Gasteiger partial charge in [-0.25, -0.2) is 4.39 Å². The van der Waals surface area contributed by atoms with Gasteiger partial charge in [0.25, 0.3) is 5.91 Å². The largest absolute Gasteiger partial charge is 0.488 e. The van der Waals surface area contributed by atoms with Crippen LogP contribution in [0.1, 0.15) is 23.6 Å². The highest BCUT2D eigenvalue weighted by molar-refractivity contribution is 14.1. The summed E-state index contributed by atoms with van der Waals surface area (Å²) in [6.07, 6.45) is 2.88. The Kier molecular flexibility index (Phi) is 7.36. The zero-order valence-corrected chi connectivity index (χ0v) is 20.4. The Balaban J connectivity index is 1.38. The number of anilines is 1. The van der Waals surface area contributed by atoms with Crippen molar-refractivity contribution in [1.82, 2.24) is 5.32 Å². The number of carbonyl (C=O) groups is 1. The van der Waals surface area contributed by atoms with Crippen molar-refractivity contribution in [3.63, 3.8) is 0 Å². The maximum Gasteiger partial charge on any atom is 0.260 e. The maximum atomic E-state index is 13.0. The SMILES string of the molecule is CCc1ccc(N[C@H]2NC(=O)/C(=C/c3ccc(OCc4ccc(F)cc4)c(I)c3)S2)cc1. The van der Waals surface area contributed by atoms with E-state index in [0.29, 0.717) is 11.5 Å². The topological polar surface area (TPSA) is 50.4 Å². The van der Waals surface area contributed by atoms with Gasteiger partial charge in [0.1, 0.15) is 18.2 Å². The van der Waals surface area contributed by atoms with Crippen molar-refractivity contribution in [1.29, 1.82) is 0 Å². The molecule has 1 aliphatic heterocycles. The molecule has 2 N–H and O–H groups in total. The predicted molar refractivity (Wildman–Crippen MR) is 137 cm³/mol. The lowest BCUT2D eigenvalue weighted by Gasteiger charge is -2.12. The molecule has 0 unspecified atom stereocenters. The second-order valence-corrected chi connectivity index (χ2v) is 9.59. The van der Waals surface area contributed by atoms with Crippen LogP contribution >= 0.6 is 34.4 Å². The predicted octanol–water partition coefficient (Wildman–Crippen LogP) is 6.17. The van der Waals surface area contributed by atoms with Crippen molar-refractivity contribution in [2.24, 2.45) is 0 Å². The van der Waals surface area contributed by atoms with Gasteiger partial charge in [0, 0.05) is 5.69 Å². The third-order valence-corrected chi connectivity index (χ3v) is 6.82. The van der Waals surface area contributed by atoms with E-state index in [2.05, 4.69) is 52.3 Å². The lowest BCUT2D eigenvalue weighted by Crippen LogP contribution is -2.30. The Hall–Kier alpha value is -2.52. The first-order valence-electron chi connectivity index (χ1n) is 10.2. The van der Waals surface area contributed by atoms with Gasteiger partial charge in [0.05, 0.1) is 8.48 Å². The summed E-state index contributed by atoms with van der Waals surface area (Å²) in [5.74, 6) is 0.390. The minimum atomic E-state index is -0.263. The van der Waals surface area contributed by atoms with Crippen LogP contribution in [0.15, 0.2) is 71.6 Å². The molecule has 7 heteroatoms. The molecule has 1 heterocycles. The van der Waals surface area contributed by atoms with E-state index in [4.69, 9.17) is 4.74 Å². The van der Waals surface area contributed by atoms with Gasteiger partial charge in [-0.05, 0) is 88.2 Å². The van der Waals surface area contributed by atoms with Crippen molar-refractivity contribution < 1.29 is 13.9 Å². The van der Waals surface area contributed by atoms with Crippen LogP contribution in [-0.2, 0) is 17.8 Å². The van der Waals surface area contributed by atoms with E-state index in [-0.39, 0.29) is 17.2 Å². The second-order valence-electron chi connectivity index (χ2n) is 7.28. The van der Waals surface area contributed by atoms with E-state index in [9.17, 15) is 9.18 Å². The fourth-order valence-corrected chi connectivity index (χ4v) is 4.85. The molecule has 0 spiro atoms. The summed E-state index contributed by atoms with van der Waals surface area (Å²) in [5.41, 5.74) is 3.86. The monoisotopic (exact) mass is 560 g/mol. The number of rotatable bonds is 7. The Morgan fingerprint density at radius 2 is 1.81 bits per heavy atom. The van der Waals surface area contributed by atoms with Crippen LogP contribution < -0.4 is 15.4 Å². The summed E-state index contributed by atoms with van der Waals surface area (Å²) >= 11 is 3.68. The molecule has 32 heavy (non-hydrogen) atoms. The fraction of sp³-hybridized carbons (Fsp3) is 0.160. The van der Waals surface area contributed by atoms with Crippen LogP contribution in [0.2, 0.25) is 0 Å². The van der Waals surface area contributed by atoms with Crippen molar-refractivity contribution in [2.75, 3.05) is 5.32 Å². The summed E-state index contributed by atoms with van der Waals surface area (Å²) in [7, 11) is 0. The molecule has 1 aliphatic rings. The van der Waals surface area contributed by atoms with Gasteiger partial charge in [-0.3, -0.25) is 4.79 Å². The van der Waals surface area contributed by atoms with Gasteiger partial charge in [0.2, 0.25) is 0 Å². The number of hydrogen-bond donors (Lipinski definition) is 2. The number of thioether (sulfide) groups is 1. The minimum Gasteiger partial charge on any atom is -0.488 e. The third-order valence-electron chi connectivity index (χ3n) is 4.95. The van der Waals surface area contributed by atoms with Crippen LogP contribution in [-0.4, -0.2) is 11.4 Å². The summed E-state index contributed by atoms with van der Waals surface area (Å²) < 4.78 is 19.8. The number of carbonyl (C=O) groups excluding carboxylic acids is 1. The number of halogens is 2. The van der Waals surface area contributed by atoms with Gasteiger partial charge < -0.3 is 15.4 Å². The molecule has 0 radical (unpaired) electrons. The molecule has 0 aliphatic carbocycles. The van der Waals surface area contributed by atoms with Crippen LogP contribution in [0.25, 0.3) is 6.08 Å². The Labute approximate surface area is 204 Å². The van der Waals surface area contributed by atoms with E-state index in [1.54, 1.807) is 12.1 Å². The van der Waals surface area contributed by atoms with Gasteiger partial charge in [-0.2, -0.15) is 0 Å². The zero-order chi connectivity index (χ0) is 22.5. The first-order valence-corrected chi connectivity index (χ1v) is 12.2. The standard InChI is InChI=1S/C25H22FIN2O2S/c1-2-16-5-10-20(11-6-16)28-25-29-24(30)23(32-25)14-18-7-12-22(21(27)13-18)31-15-17-3-8-19(26)9-4-17/h3-14,25,28H,2,15H2,1H3,(H,29,30)/b23-14-/t25-/m0/s1. The smallest absolute Gasteiger partial charge is 0.260 e. The number of nitrogens with one attached hydrogen (secondary N) is 2. The molecule has 1 saturated heterocycles. The van der Waals surface area contributed by atoms with E-state index in [0.717, 1.165) is 32.6 Å². The minimum absolute atomic E-state index is 0.0932. The zero-order valence-electron chi connectivity index (χ0n) is 17.4. The summed E-state index contributed by atoms with van der Waals surface area (Å²) in [5, 5.41) is 6.30. The van der Waals surface area contributed by atoms with Crippen LogP contribution in [0.5, 0.6) is 5.75 Å². The highest BCUT2D eigenvalue weighted by atomic mass is 127. The van der Waals surface area contributed by atoms with Crippen molar-refractivity contribution in [3.8, 4) is 5.75 Å². The molecule has 1 fully saturated rings. The Bertz CT molecular complexity index is 1130. The summed E-state index contributed by atoms with van der Waals surface area (Å²) in [6, 6.07) is 20.3. The third kappa shape index (κ3) is 5.83. The molecule has 3 aromatic rings. The number of amides is 1. The molecule has 3 aromatic carbocycles. The molecule has 164 valence electrons. The van der Waals surface area contributed by atoms with Crippen molar-refractivity contribution in [2.45, 2.75) is 25.4 Å². The summed E-state index contributed by atoms with van der Waals surface area (Å²) in [4.78, 5) is 13.1. The molecular formula is C25H22FIN2O2S. The van der Waals surface area contributed by atoms with Crippen LogP contribution in [0, 0.1) is 9.39 Å². The van der Waals surface area contributed by atoms with E-state index in [1.807, 2.05) is 36.4 Å². The lowest BCUT2D eigenvalue weighted by molar-refractivity contribution is -0.116. The second kappa shape index (κ2) is 10.4. The molecule has 1 amide bonds. The first kappa shape index (κ1) is 22.7. The number of benzene rings is 3. The number of aryl methyl sites for hydroxylation is 1. The fourth-order valence-electron chi connectivity index (χ4n) is 3.17. The maximum absolute atomic E-state index is 13.0. The number of hydrogen-bond acceptors (Lipinski definition) is 4. The molecule has 0 aromatic heterocycles. The molecule has 0 saturated carbocycles. The van der Waals surface area contributed by atoms with Gasteiger partial charge >= 0.3 is 0 Å². The van der Waals surface area contributed by atoms with E-state index in [1.165, 1.54) is 29.5 Å². The molecule has 1 atom stereocenters. The highest BCUT2D eigenvalue weighted by Gasteiger charge is 2.27. The lowest BCUT2D eigenvalue weighted by atomic mass is 10.1. The van der Waals surface area contributed by atoms with Gasteiger partial charge in [-0.1, -0.05) is 49.0 Å². The highest BCUT2D eigenvalue weighted by Crippen LogP contribution is 2.31. The van der Waals surface area contributed by atoms with Crippen molar-refractivity contribution in [3.05, 3.63) is 97.7 Å². The van der Waals surface area contributed by atoms with E-state index >= 15 is 0 Å². The average molecular weight is 560 g/mol. The summed E-state index contributed by atoms with van der Waals surface area (Å²) in [6.45, 7) is 2.49. The normalized spacial score (nSPS) is 16.8. The Morgan fingerprint density at radius 3 is 2.50 bits per heavy atom. The quantitative estimate of drug-likeness (QED) is 0.268. The molecule has 4 rings (SSSR count). The van der Waals surface area contributed by atoms with Gasteiger partial charge in [0.15, 0.2) is 5.50 Å². The van der Waals surface area contributed by atoms with E-state index < -0.39 is 0 Å². The number of ether oxygens (including phenoxy) is 1. The van der Waals surface area contributed by atoms with Crippen LogP contribution in [0.3, 0.4) is 0 Å². The molecule has 4 nitrogen and oxygen atoms in total. The first-order chi connectivity index (χ1) is 15.5.